The summed E-state index contributed by atoms with van der Waals surface area (Å²) in [7, 11) is -2.09. The molecule has 0 amide bonds. The molecule has 0 spiro atoms. The van der Waals surface area contributed by atoms with Crippen molar-refractivity contribution < 1.29 is 23.4 Å². The topological polar surface area (TPSA) is 114 Å². The summed E-state index contributed by atoms with van der Waals surface area (Å²) in [6, 6.07) is 11.3. The summed E-state index contributed by atoms with van der Waals surface area (Å²) in [5.74, 6) is -0.901. The van der Waals surface area contributed by atoms with Crippen molar-refractivity contribution in [2.24, 2.45) is 0 Å². The van der Waals surface area contributed by atoms with Gasteiger partial charge in [0.1, 0.15) is 36.7 Å². The zero-order valence-corrected chi connectivity index (χ0v) is 24.1. The van der Waals surface area contributed by atoms with Crippen molar-refractivity contribution in [2.45, 2.75) is 96.4 Å². The van der Waals surface area contributed by atoms with Gasteiger partial charge in [0.15, 0.2) is 20.3 Å². The van der Waals surface area contributed by atoms with Crippen molar-refractivity contribution in [2.75, 3.05) is 6.61 Å². The van der Waals surface area contributed by atoms with Crippen LogP contribution in [0.15, 0.2) is 46.1 Å². The van der Waals surface area contributed by atoms with Gasteiger partial charge in [0.2, 0.25) is 0 Å². The van der Waals surface area contributed by atoms with Gasteiger partial charge in [-0.05, 0) is 37.5 Å². The largest absolute Gasteiger partial charge is 0.414 e. The van der Waals surface area contributed by atoms with Crippen LogP contribution in [0.1, 0.15) is 52.0 Å². The van der Waals surface area contributed by atoms with Crippen LogP contribution in [0.3, 0.4) is 0 Å². The molecule has 4 atom stereocenters. The molecule has 0 saturated carbocycles. The first-order valence-electron chi connectivity index (χ1n) is 12.8. The third-order valence-electron chi connectivity index (χ3n) is 7.46. The number of nitrogens with zero attached hydrogens (tertiary/aromatic N) is 3. The molecule has 1 aromatic heterocycles. The standard InChI is InChI=1S/C27H37N3O7Si/c1-26(2,3)38(6,7)34-16-20-21-22(37-27(4,5)36-21)24(35-20)29-14-19(13-28)23(31)30(25(29)32)17-33-15-18-11-9-8-10-12-18/h8-12,14,20-22,24H,15-17H2,1-7H3/t20-,21-,22-,24-/m1/s1. The Bertz CT molecular complexity index is 1310. The minimum Gasteiger partial charge on any atom is -0.414 e. The molecular weight excluding hydrogens is 506 g/mol. The molecule has 0 bridgehead atoms. The van der Waals surface area contributed by atoms with Crippen LogP contribution in [0.5, 0.6) is 0 Å². The van der Waals surface area contributed by atoms with E-state index in [1.807, 2.05) is 36.4 Å². The normalized spacial score (nSPS) is 24.8. The quantitative estimate of drug-likeness (QED) is 0.465. The molecule has 0 N–H and O–H groups in total. The number of fused-ring (bicyclic) bond motifs is 1. The van der Waals surface area contributed by atoms with Crippen LogP contribution >= 0.6 is 0 Å². The summed E-state index contributed by atoms with van der Waals surface area (Å²) in [5.41, 5.74) is -0.696. The second-order valence-corrected chi connectivity index (χ2v) is 16.6. The first kappa shape index (κ1) is 28.4. The molecule has 0 radical (unpaired) electrons. The SMILES string of the molecule is CC1(C)O[C@@H]2[C@H](O1)[C@@H](CO[Si](C)(C)C(C)(C)C)O[C@H]2n1cc(C#N)c(=O)n(COCc2ccccc2)c1=O. The lowest BCUT2D eigenvalue weighted by molar-refractivity contribution is -0.200. The summed E-state index contributed by atoms with van der Waals surface area (Å²) in [4.78, 5) is 26.4. The van der Waals surface area contributed by atoms with Crippen molar-refractivity contribution in [3.8, 4) is 6.07 Å². The van der Waals surface area contributed by atoms with E-state index in [2.05, 4.69) is 33.9 Å². The van der Waals surface area contributed by atoms with Crippen LogP contribution < -0.4 is 11.2 Å². The molecule has 0 unspecified atom stereocenters. The van der Waals surface area contributed by atoms with Crippen molar-refractivity contribution in [1.82, 2.24) is 9.13 Å². The van der Waals surface area contributed by atoms with Crippen LogP contribution in [0.2, 0.25) is 18.1 Å². The monoisotopic (exact) mass is 543 g/mol. The highest BCUT2D eigenvalue weighted by Crippen LogP contribution is 2.44. The van der Waals surface area contributed by atoms with Gasteiger partial charge < -0.3 is 23.4 Å². The van der Waals surface area contributed by atoms with Gasteiger partial charge in [-0.15, -0.1) is 0 Å². The Balaban J connectivity index is 1.62. The van der Waals surface area contributed by atoms with E-state index >= 15 is 0 Å². The zero-order chi connectivity index (χ0) is 27.9. The molecule has 206 valence electrons. The van der Waals surface area contributed by atoms with Gasteiger partial charge in [0, 0.05) is 6.20 Å². The lowest BCUT2D eigenvalue weighted by Gasteiger charge is -2.37. The number of aromatic nitrogens is 2. The predicted octanol–water partition coefficient (Wildman–Crippen LogP) is 3.50. The molecule has 2 aromatic rings. The molecule has 2 aliphatic rings. The Morgan fingerprint density at radius 2 is 1.76 bits per heavy atom. The summed E-state index contributed by atoms with van der Waals surface area (Å²) < 4.78 is 32.8. The molecule has 4 rings (SSSR count). The first-order chi connectivity index (χ1) is 17.7. The van der Waals surface area contributed by atoms with Crippen molar-refractivity contribution >= 4 is 8.32 Å². The number of benzene rings is 1. The van der Waals surface area contributed by atoms with E-state index in [0.717, 1.165) is 10.1 Å². The van der Waals surface area contributed by atoms with E-state index in [4.69, 9.17) is 23.4 Å². The first-order valence-corrected chi connectivity index (χ1v) is 15.7. The summed E-state index contributed by atoms with van der Waals surface area (Å²) >= 11 is 0. The van der Waals surface area contributed by atoms with E-state index in [1.165, 1.54) is 10.8 Å². The lowest BCUT2D eigenvalue weighted by atomic mass is 10.1. The molecule has 10 nitrogen and oxygen atoms in total. The Hall–Kier alpha value is -2.59. The number of hydrogen-bond acceptors (Lipinski definition) is 8. The lowest BCUT2D eigenvalue weighted by Crippen LogP contribution is -2.45. The molecule has 3 heterocycles. The fourth-order valence-corrected chi connectivity index (χ4v) is 5.36. The average Bonchev–Trinajstić information content (AvgIpc) is 3.33. The maximum absolute atomic E-state index is 13.5. The minimum atomic E-state index is -2.09. The third-order valence-corrected chi connectivity index (χ3v) is 12.0. The number of ether oxygens (including phenoxy) is 4. The van der Waals surface area contributed by atoms with Gasteiger partial charge >= 0.3 is 5.69 Å². The molecule has 2 fully saturated rings. The number of nitriles is 1. The summed E-state index contributed by atoms with van der Waals surface area (Å²) in [5, 5.41) is 9.65. The molecule has 1 aromatic carbocycles. The maximum Gasteiger partial charge on any atom is 0.335 e. The maximum atomic E-state index is 13.5. The Kier molecular flexibility index (Phi) is 7.87. The summed E-state index contributed by atoms with van der Waals surface area (Å²) in [6.45, 7) is 14.5. The average molecular weight is 544 g/mol. The van der Waals surface area contributed by atoms with E-state index < -0.39 is 49.9 Å². The van der Waals surface area contributed by atoms with Crippen LogP contribution in [0.4, 0.5) is 0 Å². The van der Waals surface area contributed by atoms with Crippen LogP contribution in [-0.4, -0.2) is 48.2 Å². The number of rotatable bonds is 8. The van der Waals surface area contributed by atoms with Gasteiger partial charge in [-0.2, -0.15) is 5.26 Å². The van der Waals surface area contributed by atoms with Gasteiger partial charge in [0.05, 0.1) is 13.2 Å². The smallest absolute Gasteiger partial charge is 0.335 e. The number of hydrogen-bond donors (Lipinski definition) is 0. The van der Waals surface area contributed by atoms with E-state index in [0.29, 0.717) is 0 Å². The van der Waals surface area contributed by atoms with Crippen molar-refractivity contribution in [3.05, 3.63) is 68.5 Å². The fourth-order valence-electron chi connectivity index (χ4n) is 4.35. The van der Waals surface area contributed by atoms with Crippen molar-refractivity contribution in [3.63, 3.8) is 0 Å². The van der Waals surface area contributed by atoms with Gasteiger partial charge in [-0.1, -0.05) is 51.1 Å². The second kappa shape index (κ2) is 10.5. The highest BCUT2D eigenvalue weighted by molar-refractivity contribution is 6.74. The molecule has 11 heteroatoms. The third kappa shape index (κ3) is 5.71. The molecule has 0 aliphatic carbocycles. The predicted molar refractivity (Wildman–Crippen MR) is 142 cm³/mol. The molecule has 2 aliphatic heterocycles. The fraction of sp³-hybridized carbons (Fsp3) is 0.593. The van der Waals surface area contributed by atoms with E-state index in [-0.39, 0.29) is 30.5 Å². The van der Waals surface area contributed by atoms with Crippen LogP contribution in [-0.2, 0) is 36.7 Å². The molecule has 38 heavy (non-hydrogen) atoms. The highest BCUT2D eigenvalue weighted by Gasteiger charge is 2.56. The summed E-state index contributed by atoms with van der Waals surface area (Å²) in [6.07, 6.45) is -1.33. The Morgan fingerprint density at radius 3 is 2.39 bits per heavy atom. The van der Waals surface area contributed by atoms with Crippen LogP contribution in [0.25, 0.3) is 0 Å². The van der Waals surface area contributed by atoms with E-state index in [1.54, 1.807) is 13.8 Å². The van der Waals surface area contributed by atoms with Gasteiger partial charge in [-0.3, -0.25) is 9.36 Å². The van der Waals surface area contributed by atoms with Gasteiger partial charge in [0.25, 0.3) is 5.56 Å². The highest BCUT2D eigenvalue weighted by atomic mass is 28.4. The molecule has 2 saturated heterocycles. The van der Waals surface area contributed by atoms with Gasteiger partial charge in [-0.25, -0.2) is 9.36 Å². The zero-order valence-electron chi connectivity index (χ0n) is 23.1. The minimum absolute atomic E-state index is 0.00456. The van der Waals surface area contributed by atoms with Crippen LogP contribution in [0, 0.1) is 11.3 Å². The Labute approximate surface area is 223 Å². The Morgan fingerprint density at radius 1 is 1.11 bits per heavy atom. The van der Waals surface area contributed by atoms with Crippen molar-refractivity contribution in [1.29, 1.82) is 5.26 Å². The second-order valence-electron chi connectivity index (χ2n) is 11.7. The van der Waals surface area contributed by atoms with E-state index in [9.17, 15) is 14.9 Å². The molecular formula is C27H37N3O7Si.